The minimum Gasteiger partial charge on any atom is -0.378 e. The number of aromatic nitrogens is 3. The van der Waals surface area contributed by atoms with E-state index in [4.69, 9.17) is 19.7 Å². The quantitative estimate of drug-likeness (QED) is 0.250. The van der Waals surface area contributed by atoms with Gasteiger partial charge >= 0.3 is 6.03 Å². The van der Waals surface area contributed by atoms with E-state index in [1.165, 1.54) is 11.2 Å². The molecule has 0 spiro atoms. The zero-order valence-electron chi connectivity index (χ0n) is 26.1. The van der Waals surface area contributed by atoms with E-state index in [1.54, 1.807) is 74.9 Å². The van der Waals surface area contributed by atoms with E-state index in [1.807, 2.05) is 24.3 Å². The molecular weight excluding hydrogens is 618 g/mol. The fourth-order valence-electron chi connectivity index (χ4n) is 5.14. The maximum atomic E-state index is 12.7. The van der Waals surface area contributed by atoms with E-state index < -0.39 is 15.9 Å². The summed E-state index contributed by atoms with van der Waals surface area (Å²) >= 11 is 0. The van der Waals surface area contributed by atoms with E-state index in [2.05, 4.69) is 15.5 Å². The summed E-state index contributed by atoms with van der Waals surface area (Å²) in [6, 6.07) is 22.1. The molecule has 2 N–H and O–H groups in total. The van der Waals surface area contributed by atoms with Gasteiger partial charge in [-0.1, -0.05) is 12.1 Å². The van der Waals surface area contributed by atoms with E-state index in [9.17, 15) is 18.0 Å². The first-order chi connectivity index (χ1) is 22.5. The van der Waals surface area contributed by atoms with E-state index in [-0.39, 0.29) is 10.8 Å². The van der Waals surface area contributed by atoms with Crippen molar-refractivity contribution in [3.05, 3.63) is 90.6 Å². The third-order valence-corrected chi connectivity index (χ3v) is 8.73. The number of morpholine rings is 1. The van der Waals surface area contributed by atoms with Gasteiger partial charge in [0.2, 0.25) is 0 Å². The van der Waals surface area contributed by atoms with Crippen LogP contribution in [0.3, 0.4) is 0 Å². The molecule has 0 bridgehead atoms. The van der Waals surface area contributed by atoms with Crippen LogP contribution in [0.5, 0.6) is 0 Å². The van der Waals surface area contributed by atoms with Crippen LogP contribution in [-0.2, 0) is 14.6 Å². The molecule has 1 aliphatic rings. The second kappa shape index (κ2) is 13.1. The average molecular weight is 652 g/mol. The Morgan fingerprint density at radius 2 is 1.49 bits per heavy atom. The Kier molecular flexibility index (Phi) is 8.83. The molecule has 1 aliphatic heterocycles. The molecule has 0 radical (unpaired) electrons. The average Bonchev–Trinajstić information content (AvgIpc) is 3.08. The molecule has 5 aromatic rings. The highest BCUT2D eigenvalue weighted by molar-refractivity contribution is 7.90. The highest BCUT2D eigenvalue weighted by Gasteiger charge is 2.20. The number of carbonyl (C=O) groups excluding carboxylic acids is 2. The van der Waals surface area contributed by atoms with Crippen LogP contribution in [0.2, 0.25) is 0 Å². The van der Waals surface area contributed by atoms with Gasteiger partial charge in [0.25, 0.3) is 5.91 Å². The van der Waals surface area contributed by atoms with Crippen LogP contribution in [0, 0.1) is 0 Å². The van der Waals surface area contributed by atoms with Gasteiger partial charge in [0, 0.05) is 67.7 Å². The van der Waals surface area contributed by atoms with Gasteiger partial charge in [-0.15, -0.1) is 0 Å². The van der Waals surface area contributed by atoms with Gasteiger partial charge < -0.3 is 25.2 Å². The number of pyridine rings is 1. The van der Waals surface area contributed by atoms with Gasteiger partial charge in [-0.25, -0.2) is 23.2 Å². The third-order valence-electron chi connectivity index (χ3n) is 7.62. The summed E-state index contributed by atoms with van der Waals surface area (Å²) in [4.78, 5) is 43.1. The van der Waals surface area contributed by atoms with Crippen molar-refractivity contribution in [2.24, 2.45) is 0 Å². The molecule has 2 aromatic heterocycles. The van der Waals surface area contributed by atoms with Crippen molar-refractivity contribution < 1.29 is 22.7 Å². The number of anilines is 3. The normalized spacial score (nSPS) is 13.3. The molecule has 6 rings (SSSR count). The van der Waals surface area contributed by atoms with Gasteiger partial charge in [-0.2, -0.15) is 0 Å². The van der Waals surface area contributed by atoms with Gasteiger partial charge in [0.05, 0.1) is 23.6 Å². The number of carbonyl (C=O) groups is 2. The first kappa shape index (κ1) is 31.6. The highest BCUT2D eigenvalue weighted by Crippen LogP contribution is 2.31. The lowest BCUT2D eigenvalue weighted by molar-refractivity contribution is 0.0827. The van der Waals surface area contributed by atoms with Crippen LogP contribution in [0.4, 0.5) is 22.0 Å². The number of fused-ring (bicyclic) bond motifs is 1. The SMILES string of the molecule is CN(C)C(=O)c1ccc(NC(=O)Nc2ccc(-c3nc(N4CCOCC4)c4ncc(-c5cccc(S(C)(=O)=O)c5)cc4n3)cc2)cc1. The fraction of sp³-hybridized carbons (Fsp3) is 0.206. The molecule has 0 saturated carbocycles. The minimum atomic E-state index is -3.38. The molecule has 47 heavy (non-hydrogen) atoms. The van der Waals surface area contributed by atoms with Gasteiger partial charge in [-0.3, -0.25) is 9.78 Å². The molecule has 12 nitrogen and oxygen atoms in total. The summed E-state index contributed by atoms with van der Waals surface area (Å²) in [7, 11) is -0.0192. The van der Waals surface area contributed by atoms with Gasteiger partial charge in [-0.05, 0) is 72.3 Å². The molecule has 0 unspecified atom stereocenters. The topological polar surface area (TPSA) is 147 Å². The van der Waals surface area contributed by atoms with Crippen LogP contribution in [-0.4, -0.2) is 86.9 Å². The number of rotatable bonds is 7. The van der Waals surface area contributed by atoms with Crippen LogP contribution < -0.4 is 15.5 Å². The molecule has 240 valence electrons. The summed E-state index contributed by atoms with van der Waals surface area (Å²) in [6.45, 7) is 2.44. The van der Waals surface area contributed by atoms with Crippen molar-refractivity contribution in [3.63, 3.8) is 0 Å². The number of hydrogen-bond acceptors (Lipinski definition) is 9. The Bertz CT molecular complexity index is 2060. The maximum absolute atomic E-state index is 12.7. The Balaban J connectivity index is 1.26. The van der Waals surface area contributed by atoms with Crippen molar-refractivity contribution >= 4 is 50.0 Å². The number of benzene rings is 3. The van der Waals surface area contributed by atoms with Gasteiger partial charge in [0.1, 0.15) is 5.52 Å². The number of amides is 3. The molecule has 3 amide bonds. The smallest absolute Gasteiger partial charge is 0.323 e. The zero-order valence-corrected chi connectivity index (χ0v) is 26.9. The summed E-state index contributed by atoms with van der Waals surface area (Å²) in [5.41, 5.74) is 5.05. The molecule has 1 saturated heterocycles. The van der Waals surface area contributed by atoms with Crippen molar-refractivity contribution in [1.82, 2.24) is 19.9 Å². The van der Waals surface area contributed by atoms with Gasteiger partial charge in [0.15, 0.2) is 21.5 Å². The minimum absolute atomic E-state index is 0.121. The number of urea groups is 1. The lowest BCUT2D eigenvalue weighted by atomic mass is 10.1. The van der Waals surface area contributed by atoms with E-state index >= 15 is 0 Å². The fourth-order valence-corrected chi connectivity index (χ4v) is 5.81. The molecule has 0 atom stereocenters. The maximum Gasteiger partial charge on any atom is 0.323 e. The first-order valence-electron chi connectivity index (χ1n) is 14.9. The lowest BCUT2D eigenvalue weighted by Gasteiger charge is -2.28. The number of ether oxygens (including phenoxy) is 1. The lowest BCUT2D eigenvalue weighted by Crippen LogP contribution is -2.37. The summed E-state index contributed by atoms with van der Waals surface area (Å²) in [5, 5.41) is 5.59. The summed E-state index contributed by atoms with van der Waals surface area (Å²) in [5.74, 6) is 1.04. The Labute approximate surface area is 272 Å². The van der Waals surface area contributed by atoms with Crippen LogP contribution in [0.25, 0.3) is 33.5 Å². The third kappa shape index (κ3) is 7.21. The number of nitrogens with zero attached hydrogens (tertiary/aromatic N) is 5. The van der Waals surface area contributed by atoms with Crippen LogP contribution >= 0.6 is 0 Å². The standard InChI is InChI=1S/C34H33N7O5S/c1-40(2)33(42)23-9-13-27(14-10-23)37-34(43)36-26-11-7-22(8-12-26)31-38-29-20-25(24-5-4-6-28(19-24)47(3,44)45)21-35-30(29)32(39-31)41-15-17-46-18-16-41/h4-14,19-21H,15-18H2,1-3H3,(H2,36,37,43). The van der Waals surface area contributed by atoms with Crippen LogP contribution in [0.1, 0.15) is 10.4 Å². The van der Waals surface area contributed by atoms with Crippen molar-refractivity contribution in [1.29, 1.82) is 0 Å². The first-order valence-corrected chi connectivity index (χ1v) is 16.8. The highest BCUT2D eigenvalue weighted by atomic mass is 32.2. The summed E-state index contributed by atoms with van der Waals surface area (Å²) < 4.78 is 29.9. The van der Waals surface area contributed by atoms with Crippen LogP contribution in [0.15, 0.2) is 90.0 Å². The van der Waals surface area contributed by atoms with E-state index in [0.29, 0.717) is 71.5 Å². The summed E-state index contributed by atoms with van der Waals surface area (Å²) in [6.07, 6.45) is 2.89. The number of sulfone groups is 1. The molecule has 1 fully saturated rings. The second-order valence-corrected chi connectivity index (χ2v) is 13.3. The Hall–Kier alpha value is -5.40. The molecule has 0 aliphatic carbocycles. The molecule has 13 heteroatoms. The largest absolute Gasteiger partial charge is 0.378 e. The van der Waals surface area contributed by atoms with Crippen molar-refractivity contribution in [2.45, 2.75) is 4.90 Å². The second-order valence-electron chi connectivity index (χ2n) is 11.3. The molecular formula is C34H33N7O5S. The number of hydrogen-bond donors (Lipinski definition) is 2. The Morgan fingerprint density at radius 3 is 2.13 bits per heavy atom. The van der Waals surface area contributed by atoms with Crippen molar-refractivity contribution in [2.75, 3.05) is 62.2 Å². The predicted octanol–water partition coefficient (Wildman–Crippen LogP) is 4.94. The number of nitrogens with one attached hydrogen (secondary N) is 2. The molecule has 3 aromatic carbocycles. The van der Waals surface area contributed by atoms with Crippen molar-refractivity contribution in [3.8, 4) is 22.5 Å². The van der Waals surface area contributed by atoms with E-state index in [0.717, 1.165) is 11.1 Å². The zero-order chi connectivity index (χ0) is 33.1. The monoisotopic (exact) mass is 651 g/mol. The Morgan fingerprint density at radius 1 is 0.830 bits per heavy atom. The predicted molar refractivity (Wildman–Crippen MR) is 181 cm³/mol. The molecule has 3 heterocycles.